The first-order valence-electron chi connectivity index (χ1n) is 7.92. The number of anilines is 1. The molecule has 0 atom stereocenters. The van der Waals surface area contributed by atoms with Gasteiger partial charge in [-0.25, -0.2) is 8.42 Å². The number of carboxylic acids is 1. The number of benzene rings is 1. The lowest BCUT2D eigenvalue weighted by Gasteiger charge is -2.19. The molecule has 1 rings (SSSR count). The van der Waals surface area contributed by atoms with Crippen molar-refractivity contribution in [1.82, 2.24) is 0 Å². The number of amides is 1. The molecule has 6 nitrogen and oxygen atoms in total. The Morgan fingerprint density at radius 3 is 2.21 bits per heavy atom. The van der Waals surface area contributed by atoms with Crippen LogP contribution >= 0.6 is 0 Å². The second kappa shape index (κ2) is 8.28. The number of sulfone groups is 1. The minimum atomic E-state index is -3.41. The molecule has 0 aromatic heterocycles. The highest BCUT2D eigenvalue weighted by Crippen LogP contribution is 2.24. The predicted octanol–water partition coefficient (Wildman–Crippen LogP) is 2.59. The summed E-state index contributed by atoms with van der Waals surface area (Å²) in [7, 11) is -3.41. The standard InChI is InChI=1S/C17H25NO5S/c1-4-5-6-11-24(22,23)12-15(19)18-14-9-7-13(8-10-14)17(2,3)16(20)21/h7-10H,4-6,11-12H2,1-3H3,(H,18,19)(H,20,21). The maximum Gasteiger partial charge on any atom is 0.313 e. The van der Waals surface area contributed by atoms with E-state index in [9.17, 15) is 23.1 Å². The molecule has 0 spiro atoms. The van der Waals surface area contributed by atoms with Crippen molar-refractivity contribution in [3.8, 4) is 0 Å². The highest BCUT2D eigenvalue weighted by molar-refractivity contribution is 7.92. The average Bonchev–Trinajstić information content (AvgIpc) is 2.47. The molecule has 2 N–H and O–H groups in total. The summed E-state index contributed by atoms with van der Waals surface area (Å²) in [5, 5.41) is 11.7. The van der Waals surface area contributed by atoms with Gasteiger partial charge < -0.3 is 10.4 Å². The number of unbranched alkanes of at least 4 members (excludes halogenated alkanes) is 2. The van der Waals surface area contributed by atoms with Gasteiger partial charge in [0.1, 0.15) is 5.75 Å². The summed E-state index contributed by atoms with van der Waals surface area (Å²) in [5.41, 5.74) is -0.000549. The Morgan fingerprint density at radius 1 is 1.12 bits per heavy atom. The lowest BCUT2D eigenvalue weighted by molar-refractivity contribution is -0.142. The number of carbonyl (C=O) groups excluding carboxylic acids is 1. The summed E-state index contributed by atoms with van der Waals surface area (Å²) in [6.45, 7) is 5.16. The monoisotopic (exact) mass is 355 g/mol. The molecule has 0 aliphatic heterocycles. The number of nitrogens with one attached hydrogen (secondary N) is 1. The van der Waals surface area contributed by atoms with Crippen molar-refractivity contribution in [2.75, 3.05) is 16.8 Å². The molecule has 0 radical (unpaired) electrons. The van der Waals surface area contributed by atoms with E-state index in [1.807, 2.05) is 6.92 Å². The van der Waals surface area contributed by atoms with Crippen LogP contribution in [-0.2, 0) is 24.8 Å². The fraction of sp³-hybridized carbons (Fsp3) is 0.529. The number of carboxylic acid groups (broad SMARTS) is 1. The zero-order valence-electron chi connectivity index (χ0n) is 14.3. The van der Waals surface area contributed by atoms with E-state index in [1.165, 1.54) is 0 Å². The van der Waals surface area contributed by atoms with Crippen molar-refractivity contribution in [3.05, 3.63) is 29.8 Å². The summed E-state index contributed by atoms with van der Waals surface area (Å²) >= 11 is 0. The molecule has 0 heterocycles. The normalized spacial score (nSPS) is 12.0. The Bertz CT molecular complexity index is 677. The number of hydrogen-bond acceptors (Lipinski definition) is 4. The zero-order valence-corrected chi connectivity index (χ0v) is 15.1. The molecule has 1 aromatic rings. The number of aliphatic carboxylic acids is 1. The average molecular weight is 355 g/mol. The first-order chi connectivity index (χ1) is 11.1. The minimum Gasteiger partial charge on any atom is -0.481 e. The van der Waals surface area contributed by atoms with Crippen LogP contribution in [0, 0.1) is 0 Å². The van der Waals surface area contributed by atoms with Gasteiger partial charge in [0.05, 0.1) is 11.2 Å². The molecule has 0 unspecified atom stereocenters. The topological polar surface area (TPSA) is 101 Å². The van der Waals surface area contributed by atoms with Crippen LogP contribution in [0.5, 0.6) is 0 Å². The van der Waals surface area contributed by atoms with E-state index in [-0.39, 0.29) is 5.75 Å². The van der Waals surface area contributed by atoms with Crippen LogP contribution in [-0.4, -0.2) is 36.9 Å². The van der Waals surface area contributed by atoms with E-state index in [0.717, 1.165) is 12.8 Å². The minimum absolute atomic E-state index is 0.0139. The van der Waals surface area contributed by atoms with Crippen LogP contribution in [0.1, 0.15) is 45.6 Å². The fourth-order valence-corrected chi connectivity index (χ4v) is 3.39. The molecule has 0 saturated heterocycles. The molecule has 134 valence electrons. The van der Waals surface area contributed by atoms with Gasteiger partial charge in [0.25, 0.3) is 0 Å². The van der Waals surface area contributed by atoms with Crippen molar-refractivity contribution in [2.45, 2.75) is 45.4 Å². The van der Waals surface area contributed by atoms with Crippen LogP contribution in [0.25, 0.3) is 0 Å². The molecule has 1 aromatic carbocycles. The molecular weight excluding hydrogens is 330 g/mol. The van der Waals surface area contributed by atoms with Gasteiger partial charge >= 0.3 is 5.97 Å². The van der Waals surface area contributed by atoms with Gasteiger partial charge in [0.2, 0.25) is 5.91 Å². The third kappa shape index (κ3) is 5.96. The van der Waals surface area contributed by atoms with Crippen molar-refractivity contribution in [3.63, 3.8) is 0 Å². The summed E-state index contributed by atoms with van der Waals surface area (Å²) in [5.74, 6) is -2.06. The highest BCUT2D eigenvalue weighted by atomic mass is 32.2. The van der Waals surface area contributed by atoms with E-state index in [2.05, 4.69) is 5.32 Å². The quantitative estimate of drug-likeness (QED) is 0.663. The third-order valence-corrected chi connectivity index (χ3v) is 5.45. The Kier molecular flexibility index (Phi) is 6.95. The molecule has 0 aliphatic carbocycles. The molecule has 1 amide bonds. The van der Waals surface area contributed by atoms with Gasteiger partial charge in [-0.05, 0) is 38.0 Å². The number of rotatable bonds is 9. The number of carbonyl (C=O) groups is 2. The van der Waals surface area contributed by atoms with Gasteiger partial charge in [0.15, 0.2) is 9.84 Å². The van der Waals surface area contributed by atoms with Crippen molar-refractivity contribution >= 4 is 27.4 Å². The predicted molar refractivity (Wildman–Crippen MR) is 93.9 cm³/mol. The van der Waals surface area contributed by atoms with E-state index >= 15 is 0 Å². The van der Waals surface area contributed by atoms with E-state index in [1.54, 1.807) is 38.1 Å². The van der Waals surface area contributed by atoms with Gasteiger partial charge in [-0.15, -0.1) is 0 Å². The summed E-state index contributed by atoms with van der Waals surface area (Å²) in [4.78, 5) is 23.1. The van der Waals surface area contributed by atoms with Crippen LogP contribution in [0.2, 0.25) is 0 Å². The van der Waals surface area contributed by atoms with Gasteiger partial charge in [-0.3, -0.25) is 9.59 Å². The summed E-state index contributed by atoms with van der Waals surface area (Å²) in [6.07, 6.45) is 2.30. The summed E-state index contributed by atoms with van der Waals surface area (Å²) < 4.78 is 23.7. The maximum absolute atomic E-state index is 11.9. The second-order valence-electron chi connectivity index (χ2n) is 6.35. The zero-order chi connectivity index (χ0) is 18.4. The van der Waals surface area contributed by atoms with Gasteiger partial charge in [-0.2, -0.15) is 0 Å². The van der Waals surface area contributed by atoms with Crippen molar-refractivity contribution in [2.24, 2.45) is 0 Å². The maximum atomic E-state index is 11.9. The van der Waals surface area contributed by atoms with Crippen molar-refractivity contribution in [1.29, 1.82) is 0 Å². The first kappa shape index (κ1) is 20.2. The van der Waals surface area contributed by atoms with Crippen LogP contribution in [0.4, 0.5) is 5.69 Å². The lowest BCUT2D eigenvalue weighted by Crippen LogP contribution is -2.28. The summed E-state index contributed by atoms with van der Waals surface area (Å²) in [6, 6.07) is 6.36. The Labute approximate surface area is 143 Å². The van der Waals surface area contributed by atoms with Gasteiger partial charge in [-0.1, -0.05) is 31.9 Å². The molecule has 0 fully saturated rings. The van der Waals surface area contributed by atoms with E-state index < -0.39 is 32.9 Å². The Hall–Kier alpha value is -1.89. The molecule has 0 bridgehead atoms. The SMILES string of the molecule is CCCCCS(=O)(=O)CC(=O)Nc1ccc(C(C)(C)C(=O)O)cc1. The second-order valence-corrected chi connectivity index (χ2v) is 8.54. The van der Waals surface area contributed by atoms with E-state index in [4.69, 9.17) is 0 Å². The van der Waals surface area contributed by atoms with Crippen LogP contribution in [0.3, 0.4) is 0 Å². The molecule has 7 heteroatoms. The highest BCUT2D eigenvalue weighted by Gasteiger charge is 2.29. The Morgan fingerprint density at radius 2 is 1.71 bits per heavy atom. The smallest absolute Gasteiger partial charge is 0.313 e. The number of hydrogen-bond donors (Lipinski definition) is 2. The lowest BCUT2D eigenvalue weighted by atomic mass is 9.85. The molecule has 24 heavy (non-hydrogen) atoms. The largest absolute Gasteiger partial charge is 0.481 e. The molecular formula is C17H25NO5S. The third-order valence-electron chi connectivity index (χ3n) is 3.83. The molecule has 0 aliphatic rings. The Balaban J connectivity index is 2.67. The van der Waals surface area contributed by atoms with E-state index in [0.29, 0.717) is 17.7 Å². The first-order valence-corrected chi connectivity index (χ1v) is 9.75. The van der Waals surface area contributed by atoms with Crippen LogP contribution in [0.15, 0.2) is 24.3 Å². The van der Waals surface area contributed by atoms with Crippen LogP contribution < -0.4 is 5.32 Å². The molecule has 0 saturated carbocycles. The van der Waals surface area contributed by atoms with Crippen molar-refractivity contribution < 1.29 is 23.1 Å². The van der Waals surface area contributed by atoms with Gasteiger partial charge in [0, 0.05) is 5.69 Å². The fourth-order valence-electron chi connectivity index (χ4n) is 2.13.